The lowest BCUT2D eigenvalue weighted by Crippen LogP contribution is -2.32. The zero-order chi connectivity index (χ0) is 16.3. The summed E-state index contributed by atoms with van der Waals surface area (Å²) >= 11 is 0. The topological polar surface area (TPSA) is 43.1 Å². The molecule has 3 rings (SSSR count). The Kier molecular flexibility index (Phi) is 4.51. The molecule has 1 aliphatic carbocycles. The van der Waals surface area contributed by atoms with Crippen molar-refractivity contribution in [2.24, 2.45) is 5.73 Å². The maximum absolute atomic E-state index is 11.8. The fourth-order valence-electron chi connectivity index (χ4n) is 3.98. The lowest BCUT2D eigenvalue weighted by molar-refractivity contribution is 0.0999. The van der Waals surface area contributed by atoms with Crippen LogP contribution in [-0.4, -0.2) is 5.91 Å². The SMILES string of the molecule is Cc1ccc(C2(Cc3ccccc3C(N)=O)CCCCC2)cc1. The second-order valence-electron chi connectivity index (χ2n) is 6.91. The zero-order valence-corrected chi connectivity index (χ0v) is 13.8. The van der Waals surface area contributed by atoms with Crippen LogP contribution in [0.2, 0.25) is 0 Å². The molecule has 0 spiro atoms. The lowest BCUT2D eigenvalue weighted by atomic mass is 9.66. The molecule has 0 aromatic heterocycles. The molecule has 1 saturated carbocycles. The number of benzene rings is 2. The predicted molar refractivity (Wildman–Crippen MR) is 94.6 cm³/mol. The number of rotatable bonds is 4. The minimum atomic E-state index is -0.324. The van der Waals surface area contributed by atoms with Gasteiger partial charge in [-0.05, 0) is 48.8 Å². The van der Waals surface area contributed by atoms with Crippen LogP contribution in [0.3, 0.4) is 0 Å². The number of hydrogen-bond donors (Lipinski definition) is 1. The van der Waals surface area contributed by atoms with Crippen molar-refractivity contribution >= 4 is 5.91 Å². The third-order valence-corrected chi connectivity index (χ3v) is 5.29. The van der Waals surface area contributed by atoms with E-state index in [-0.39, 0.29) is 11.3 Å². The van der Waals surface area contributed by atoms with Crippen molar-refractivity contribution in [1.29, 1.82) is 0 Å². The van der Waals surface area contributed by atoms with E-state index in [4.69, 9.17) is 5.73 Å². The molecule has 2 aromatic carbocycles. The number of aryl methyl sites for hydroxylation is 1. The van der Waals surface area contributed by atoms with Gasteiger partial charge < -0.3 is 5.73 Å². The van der Waals surface area contributed by atoms with Gasteiger partial charge in [-0.15, -0.1) is 0 Å². The largest absolute Gasteiger partial charge is 0.366 e. The molecule has 2 heteroatoms. The number of primary amides is 1. The van der Waals surface area contributed by atoms with E-state index in [1.807, 2.05) is 18.2 Å². The van der Waals surface area contributed by atoms with E-state index in [1.54, 1.807) is 0 Å². The summed E-state index contributed by atoms with van der Waals surface area (Å²) in [4.78, 5) is 11.8. The highest BCUT2D eigenvalue weighted by Crippen LogP contribution is 2.42. The molecule has 1 amide bonds. The second kappa shape index (κ2) is 6.57. The molecule has 0 unspecified atom stereocenters. The van der Waals surface area contributed by atoms with Crippen LogP contribution in [-0.2, 0) is 11.8 Å². The van der Waals surface area contributed by atoms with E-state index in [9.17, 15) is 4.79 Å². The van der Waals surface area contributed by atoms with Gasteiger partial charge in [0.2, 0.25) is 5.91 Å². The molecule has 1 aliphatic rings. The smallest absolute Gasteiger partial charge is 0.248 e. The summed E-state index contributed by atoms with van der Waals surface area (Å²) in [5.41, 5.74) is 10.2. The Hall–Kier alpha value is -2.09. The van der Waals surface area contributed by atoms with Gasteiger partial charge in [0, 0.05) is 5.56 Å². The van der Waals surface area contributed by atoms with E-state index in [0.29, 0.717) is 5.56 Å². The summed E-state index contributed by atoms with van der Waals surface area (Å²) in [6.07, 6.45) is 7.09. The predicted octanol–water partition coefficient (Wildman–Crippen LogP) is 4.54. The van der Waals surface area contributed by atoms with Gasteiger partial charge in [-0.1, -0.05) is 67.3 Å². The van der Waals surface area contributed by atoms with Crippen molar-refractivity contribution in [3.63, 3.8) is 0 Å². The highest BCUT2D eigenvalue weighted by molar-refractivity contribution is 5.94. The average molecular weight is 307 g/mol. The molecule has 120 valence electrons. The summed E-state index contributed by atoms with van der Waals surface area (Å²) in [6.45, 7) is 2.12. The highest BCUT2D eigenvalue weighted by Gasteiger charge is 2.34. The van der Waals surface area contributed by atoms with Gasteiger partial charge >= 0.3 is 0 Å². The van der Waals surface area contributed by atoms with Crippen LogP contribution in [0.1, 0.15) is 59.2 Å². The van der Waals surface area contributed by atoms with Crippen molar-refractivity contribution in [2.75, 3.05) is 0 Å². The van der Waals surface area contributed by atoms with Crippen molar-refractivity contribution in [3.8, 4) is 0 Å². The molecule has 2 aromatic rings. The molecule has 1 fully saturated rings. The zero-order valence-electron chi connectivity index (χ0n) is 13.8. The Labute approximate surface area is 138 Å². The molecule has 23 heavy (non-hydrogen) atoms. The standard InChI is InChI=1S/C21H25NO/c1-16-9-11-18(12-10-16)21(13-5-2-6-14-21)15-17-7-3-4-8-19(17)20(22)23/h3-4,7-12H,2,5-6,13-15H2,1H3,(H2,22,23). The van der Waals surface area contributed by atoms with Crippen LogP contribution in [0, 0.1) is 6.92 Å². The number of nitrogens with two attached hydrogens (primary N) is 1. The lowest BCUT2D eigenvalue weighted by Gasteiger charge is -2.38. The molecular weight excluding hydrogens is 282 g/mol. The normalized spacial score (nSPS) is 16.9. The molecule has 0 saturated heterocycles. The second-order valence-corrected chi connectivity index (χ2v) is 6.91. The van der Waals surface area contributed by atoms with Gasteiger partial charge in [0.05, 0.1) is 0 Å². The van der Waals surface area contributed by atoms with Gasteiger partial charge in [0.15, 0.2) is 0 Å². The van der Waals surface area contributed by atoms with Crippen LogP contribution >= 0.6 is 0 Å². The Morgan fingerprint density at radius 3 is 2.30 bits per heavy atom. The summed E-state index contributed by atoms with van der Waals surface area (Å²) in [5, 5.41) is 0. The fraction of sp³-hybridized carbons (Fsp3) is 0.381. The third-order valence-electron chi connectivity index (χ3n) is 5.29. The van der Waals surface area contributed by atoms with Gasteiger partial charge in [0.25, 0.3) is 0 Å². The summed E-state index contributed by atoms with van der Waals surface area (Å²) in [6, 6.07) is 16.8. The monoisotopic (exact) mass is 307 g/mol. The first kappa shape index (κ1) is 15.8. The van der Waals surface area contributed by atoms with E-state index in [0.717, 1.165) is 12.0 Å². The minimum absolute atomic E-state index is 0.136. The van der Waals surface area contributed by atoms with Crippen molar-refractivity contribution in [2.45, 2.75) is 50.9 Å². The molecule has 2 N–H and O–H groups in total. The van der Waals surface area contributed by atoms with Crippen molar-refractivity contribution in [3.05, 3.63) is 70.8 Å². The Bertz CT molecular complexity index is 681. The molecule has 0 aliphatic heterocycles. The molecule has 0 atom stereocenters. The maximum atomic E-state index is 11.8. The molecule has 2 nitrogen and oxygen atoms in total. The van der Waals surface area contributed by atoms with E-state index >= 15 is 0 Å². The maximum Gasteiger partial charge on any atom is 0.248 e. The molecule has 0 bridgehead atoms. The van der Waals surface area contributed by atoms with Gasteiger partial charge in [-0.25, -0.2) is 0 Å². The quantitative estimate of drug-likeness (QED) is 0.885. The summed E-state index contributed by atoms with van der Waals surface area (Å²) in [7, 11) is 0. The average Bonchev–Trinajstić information content (AvgIpc) is 2.56. The van der Waals surface area contributed by atoms with Crippen LogP contribution < -0.4 is 5.73 Å². The number of amides is 1. The van der Waals surface area contributed by atoms with E-state index in [1.165, 1.54) is 43.2 Å². The first-order valence-electron chi connectivity index (χ1n) is 8.56. The van der Waals surface area contributed by atoms with Crippen molar-refractivity contribution in [1.82, 2.24) is 0 Å². The first-order chi connectivity index (χ1) is 11.1. The summed E-state index contributed by atoms with van der Waals surface area (Å²) < 4.78 is 0. The van der Waals surface area contributed by atoms with E-state index in [2.05, 4.69) is 37.3 Å². The molecule has 0 radical (unpaired) electrons. The summed E-state index contributed by atoms with van der Waals surface area (Å²) in [5.74, 6) is -0.324. The number of carbonyl (C=O) groups excluding carboxylic acids is 1. The fourth-order valence-corrected chi connectivity index (χ4v) is 3.98. The number of hydrogen-bond acceptors (Lipinski definition) is 1. The van der Waals surface area contributed by atoms with Gasteiger partial charge in [0.1, 0.15) is 0 Å². The Morgan fingerprint density at radius 2 is 1.65 bits per heavy atom. The van der Waals surface area contributed by atoms with Crippen LogP contribution in [0.15, 0.2) is 48.5 Å². The van der Waals surface area contributed by atoms with Crippen LogP contribution in [0.4, 0.5) is 0 Å². The van der Waals surface area contributed by atoms with Crippen LogP contribution in [0.25, 0.3) is 0 Å². The van der Waals surface area contributed by atoms with E-state index < -0.39 is 0 Å². The van der Waals surface area contributed by atoms with Crippen molar-refractivity contribution < 1.29 is 4.79 Å². The highest BCUT2D eigenvalue weighted by atomic mass is 16.1. The van der Waals surface area contributed by atoms with Crippen LogP contribution in [0.5, 0.6) is 0 Å². The first-order valence-corrected chi connectivity index (χ1v) is 8.56. The molecular formula is C21H25NO. The Morgan fingerprint density at radius 1 is 1.00 bits per heavy atom. The molecule has 0 heterocycles. The number of carbonyl (C=O) groups is 1. The third kappa shape index (κ3) is 3.31. The Balaban J connectivity index is 2.00. The van der Waals surface area contributed by atoms with Gasteiger partial charge in [-0.3, -0.25) is 4.79 Å². The van der Waals surface area contributed by atoms with Gasteiger partial charge in [-0.2, -0.15) is 0 Å². The minimum Gasteiger partial charge on any atom is -0.366 e.